The quantitative estimate of drug-likeness (QED) is 0.774. The van der Waals surface area contributed by atoms with Crippen LogP contribution in [-0.2, 0) is 9.59 Å². The Bertz CT molecular complexity index is 431. The summed E-state index contributed by atoms with van der Waals surface area (Å²) < 4.78 is 0. The molecule has 0 aliphatic rings. The number of halogens is 1. The van der Waals surface area contributed by atoms with E-state index in [1.54, 1.807) is 18.0 Å². The van der Waals surface area contributed by atoms with Crippen molar-refractivity contribution in [2.24, 2.45) is 0 Å². The highest BCUT2D eigenvalue weighted by Crippen LogP contribution is 2.22. The van der Waals surface area contributed by atoms with Crippen LogP contribution >= 0.6 is 11.6 Å². The van der Waals surface area contributed by atoms with E-state index in [0.29, 0.717) is 5.02 Å². The lowest BCUT2D eigenvalue weighted by molar-refractivity contribution is -0.135. The van der Waals surface area contributed by atoms with E-state index in [1.807, 2.05) is 25.1 Å². The van der Waals surface area contributed by atoms with Gasteiger partial charge in [-0.05, 0) is 31.5 Å². The molecular weight excluding hydrogens is 238 g/mol. The number of rotatable bonds is 4. The largest absolute Gasteiger partial charge is 0.339 e. The van der Waals surface area contributed by atoms with Gasteiger partial charge in [0.05, 0.1) is 12.5 Å². The first-order valence-electron chi connectivity index (χ1n) is 5.42. The van der Waals surface area contributed by atoms with Gasteiger partial charge in [-0.1, -0.05) is 23.7 Å². The fourth-order valence-electron chi connectivity index (χ4n) is 1.54. The molecule has 1 unspecified atom stereocenters. The van der Waals surface area contributed by atoms with Gasteiger partial charge in [-0.3, -0.25) is 9.59 Å². The highest BCUT2D eigenvalue weighted by Gasteiger charge is 2.18. The van der Waals surface area contributed by atoms with Gasteiger partial charge in [-0.2, -0.15) is 0 Å². The number of carbonyl (C=O) groups is 2. The Morgan fingerprint density at radius 2 is 2.06 bits per heavy atom. The Labute approximate surface area is 106 Å². The standard InChI is InChI=1S/C13H16ClNO2/c1-9(16)7-13(17)15(3)10(2)11-5-4-6-12(14)8-11/h4-6,8,10H,7H2,1-3H3. The van der Waals surface area contributed by atoms with Crippen molar-refractivity contribution in [1.29, 1.82) is 0 Å². The van der Waals surface area contributed by atoms with E-state index >= 15 is 0 Å². The summed E-state index contributed by atoms with van der Waals surface area (Å²) in [7, 11) is 1.69. The van der Waals surface area contributed by atoms with Gasteiger partial charge in [0.25, 0.3) is 0 Å². The van der Waals surface area contributed by atoms with Gasteiger partial charge in [0.1, 0.15) is 5.78 Å². The van der Waals surface area contributed by atoms with Gasteiger partial charge >= 0.3 is 0 Å². The van der Waals surface area contributed by atoms with Crippen LogP contribution in [0.25, 0.3) is 0 Å². The summed E-state index contributed by atoms with van der Waals surface area (Å²) in [6.07, 6.45) is -0.0542. The zero-order chi connectivity index (χ0) is 13.0. The van der Waals surface area contributed by atoms with Crippen molar-refractivity contribution in [1.82, 2.24) is 4.90 Å². The van der Waals surface area contributed by atoms with Crippen LogP contribution in [-0.4, -0.2) is 23.6 Å². The molecule has 4 heteroatoms. The van der Waals surface area contributed by atoms with E-state index in [4.69, 9.17) is 11.6 Å². The summed E-state index contributed by atoms with van der Waals surface area (Å²) >= 11 is 5.90. The smallest absolute Gasteiger partial charge is 0.230 e. The highest BCUT2D eigenvalue weighted by atomic mass is 35.5. The Morgan fingerprint density at radius 3 is 2.59 bits per heavy atom. The first-order valence-corrected chi connectivity index (χ1v) is 5.80. The molecule has 0 saturated heterocycles. The van der Waals surface area contributed by atoms with Crippen molar-refractivity contribution in [3.8, 4) is 0 Å². The molecule has 0 aliphatic carbocycles. The molecule has 17 heavy (non-hydrogen) atoms. The molecule has 1 aromatic rings. The minimum absolute atomic E-state index is 0.0542. The average molecular weight is 254 g/mol. The number of amides is 1. The molecule has 1 aromatic carbocycles. The molecule has 0 N–H and O–H groups in total. The van der Waals surface area contributed by atoms with Crippen molar-refractivity contribution < 1.29 is 9.59 Å². The van der Waals surface area contributed by atoms with E-state index in [2.05, 4.69) is 0 Å². The number of carbonyl (C=O) groups excluding carboxylic acids is 2. The van der Waals surface area contributed by atoms with Gasteiger partial charge < -0.3 is 4.90 Å². The Morgan fingerprint density at radius 1 is 1.41 bits per heavy atom. The van der Waals surface area contributed by atoms with E-state index in [9.17, 15) is 9.59 Å². The molecular formula is C13H16ClNO2. The predicted octanol–water partition coefficient (Wildman–Crippen LogP) is 2.84. The van der Waals surface area contributed by atoms with Crippen LogP contribution in [0.2, 0.25) is 5.02 Å². The summed E-state index contributed by atoms with van der Waals surface area (Å²) in [5.74, 6) is -0.301. The SMILES string of the molecule is CC(=O)CC(=O)N(C)C(C)c1cccc(Cl)c1. The summed E-state index contributed by atoms with van der Waals surface area (Å²) in [6.45, 7) is 3.32. The van der Waals surface area contributed by atoms with Crippen LogP contribution in [0, 0.1) is 0 Å². The Balaban J connectivity index is 2.79. The van der Waals surface area contributed by atoms with Gasteiger partial charge in [0.2, 0.25) is 5.91 Å². The van der Waals surface area contributed by atoms with Gasteiger partial charge in [0.15, 0.2) is 0 Å². The molecule has 92 valence electrons. The monoisotopic (exact) mass is 253 g/mol. The second-order valence-electron chi connectivity index (χ2n) is 4.11. The van der Waals surface area contributed by atoms with E-state index < -0.39 is 0 Å². The third-order valence-electron chi connectivity index (χ3n) is 2.71. The van der Waals surface area contributed by atoms with Crippen LogP contribution in [0.5, 0.6) is 0 Å². The van der Waals surface area contributed by atoms with Crippen LogP contribution in [0.15, 0.2) is 24.3 Å². The second-order valence-corrected chi connectivity index (χ2v) is 4.55. The van der Waals surface area contributed by atoms with Crippen molar-refractivity contribution in [2.45, 2.75) is 26.3 Å². The maximum atomic E-state index is 11.7. The van der Waals surface area contributed by atoms with Gasteiger partial charge in [-0.15, -0.1) is 0 Å². The van der Waals surface area contributed by atoms with Crippen molar-refractivity contribution >= 4 is 23.3 Å². The van der Waals surface area contributed by atoms with E-state index in [1.165, 1.54) is 6.92 Å². The predicted molar refractivity (Wildman–Crippen MR) is 67.9 cm³/mol. The lowest BCUT2D eigenvalue weighted by Gasteiger charge is -2.25. The summed E-state index contributed by atoms with van der Waals surface area (Å²) in [4.78, 5) is 24.2. The molecule has 0 heterocycles. The van der Waals surface area contributed by atoms with Crippen LogP contribution in [0.3, 0.4) is 0 Å². The van der Waals surface area contributed by atoms with E-state index in [-0.39, 0.29) is 24.2 Å². The zero-order valence-electron chi connectivity index (χ0n) is 10.2. The molecule has 1 rings (SSSR count). The number of nitrogens with zero attached hydrogens (tertiary/aromatic N) is 1. The van der Waals surface area contributed by atoms with Crippen LogP contribution in [0.4, 0.5) is 0 Å². The van der Waals surface area contributed by atoms with Crippen molar-refractivity contribution in [3.05, 3.63) is 34.9 Å². The number of Topliss-reactive ketones (excluding diaryl/α,β-unsaturated/α-hetero) is 1. The molecule has 3 nitrogen and oxygen atoms in total. The fraction of sp³-hybridized carbons (Fsp3) is 0.385. The molecule has 0 aliphatic heterocycles. The topological polar surface area (TPSA) is 37.4 Å². The molecule has 1 atom stereocenters. The third-order valence-corrected chi connectivity index (χ3v) is 2.94. The molecule has 0 bridgehead atoms. The summed E-state index contributed by atoms with van der Waals surface area (Å²) in [6, 6.07) is 7.27. The second kappa shape index (κ2) is 5.82. The van der Waals surface area contributed by atoms with Crippen molar-refractivity contribution in [3.63, 3.8) is 0 Å². The minimum atomic E-state index is -0.176. The number of ketones is 1. The highest BCUT2D eigenvalue weighted by molar-refractivity contribution is 6.30. The lowest BCUT2D eigenvalue weighted by atomic mass is 10.1. The Kier molecular flexibility index (Phi) is 4.70. The van der Waals surface area contributed by atoms with E-state index in [0.717, 1.165) is 5.56 Å². The average Bonchev–Trinajstić information content (AvgIpc) is 2.26. The molecule has 0 spiro atoms. The van der Waals surface area contributed by atoms with Gasteiger partial charge in [-0.25, -0.2) is 0 Å². The summed E-state index contributed by atoms with van der Waals surface area (Å²) in [5.41, 5.74) is 0.955. The molecule has 0 aromatic heterocycles. The lowest BCUT2D eigenvalue weighted by Crippen LogP contribution is -2.30. The molecule has 1 amide bonds. The first-order chi connectivity index (χ1) is 7.91. The van der Waals surface area contributed by atoms with Crippen molar-refractivity contribution in [2.75, 3.05) is 7.05 Å². The number of benzene rings is 1. The first kappa shape index (κ1) is 13.7. The normalized spacial score (nSPS) is 12.0. The minimum Gasteiger partial charge on any atom is -0.339 e. The maximum absolute atomic E-state index is 11.7. The van der Waals surface area contributed by atoms with Gasteiger partial charge in [0, 0.05) is 12.1 Å². The Hall–Kier alpha value is -1.35. The summed E-state index contributed by atoms with van der Waals surface area (Å²) in [5, 5.41) is 0.641. The zero-order valence-corrected chi connectivity index (χ0v) is 11.0. The number of hydrogen-bond acceptors (Lipinski definition) is 2. The fourth-order valence-corrected chi connectivity index (χ4v) is 1.74. The molecule has 0 radical (unpaired) electrons. The number of hydrogen-bond donors (Lipinski definition) is 0. The van der Waals surface area contributed by atoms with Crippen LogP contribution < -0.4 is 0 Å². The molecule has 0 saturated carbocycles. The van der Waals surface area contributed by atoms with Crippen LogP contribution in [0.1, 0.15) is 31.9 Å². The molecule has 0 fully saturated rings. The third kappa shape index (κ3) is 3.86. The maximum Gasteiger partial charge on any atom is 0.230 e.